The van der Waals surface area contributed by atoms with Crippen molar-refractivity contribution in [3.05, 3.63) is 128 Å². The predicted molar refractivity (Wildman–Crippen MR) is 223 cm³/mol. The van der Waals surface area contributed by atoms with E-state index in [0.717, 1.165) is 48.1 Å². The van der Waals surface area contributed by atoms with Gasteiger partial charge in [-0.2, -0.15) is 5.10 Å². The smallest absolute Gasteiger partial charge is 0.274 e. The Bertz CT molecular complexity index is 2330. The molecule has 3 heterocycles. The van der Waals surface area contributed by atoms with Crippen LogP contribution >= 0.6 is 22.9 Å². The minimum atomic E-state index is -4.12. The molecule has 0 fully saturated rings. The number of carbonyl (C=O) groups is 3. The van der Waals surface area contributed by atoms with E-state index in [9.17, 15) is 27.9 Å². The van der Waals surface area contributed by atoms with Crippen molar-refractivity contribution in [1.29, 1.82) is 0 Å². The summed E-state index contributed by atoms with van der Waals surface area (Å²) in [6, 6.07) is 23.1. The van der Waals surface area contributed by atoms with Crippen LogP contribution in [0, 0.1) is 6.92 Å². The van der Waals surface area contributed by atoms with Crippen LogP contribution in [0.2, 0.25) is 5.02 Å². The van der Waals surface area contributed by atoms with Gasteiger partial charge >= 0.3 is 0 Å². The molecule has 0 radical (unpaired) electrons. The highest BCUT2D eigenvalue weighted by Crippen LogP contribution is 2.31. The van der Waals surface area contributed by atoms with Crippen molar-refractivity contribution in [2.75, 3.05) is 24.4 Å². The van der Waals surface area contributed by atoms with Crippen LogP contribution in [0.1, 0.15) is 92.4 Å². The van der Waals surface area contributed by atoms with E-state index in [1.165, 1.54) is 12.1 Å². The number of aryl methyl sites for hydroxylation is 1. The Kier molecular flexibility index (Phi) is 13.5. The van der Waals surface area contributed by atoms with Gasteiger partial charge in [-0.3, -0.25) is 19.1 Å². The summed E-state index contributed by atoms with van der Waals surface area (Å²) >= 11 is 6.94. The average Bonchev–Trinajstić information content (AvgIpc) is 3.86. The highest BCUT2D eigenvalue weighted by atomic mass is 35.5. The zero-order valence-electron chi connectivity index (χ0n) is 32.2. The molecule has 0 saturated heterocycles. The van der Waals surface area contributed by atoms with E-state index in [-0.39, 0.29) is 52.7 Å². The van der Waals surface area contributed by atoms with E-state index in [1.54, 1.807) is 65.0 Å². The van der Waals surface area contributed by atoms with Gasteiger partial charge in [0.2, 0.25) is 0 Å². The van der Waals surface area contributed by atoms with Gasteiger partial charge in [0.05, 0.1) is 30.4 Å². The number of rotatable bonds is 16. The molecule has 3 amide bonds. The van der Waals surface area contributed by atoms with Gasteiger partial charge in [0.15, 0.2) is 5.69 Å². The number of amides is 3. The van der Waals surface area contributed by atoms with E-state index in [2.05, 4.69) is 23.9 Å². The Morgan fingerprint density at radius 3 is 2.33 bits per heavy atom. The molecule has 57 heavy (non-hydrogen) atoms. The fraction of sp³-hybridized carbons (Fsp3) is 0.333. The van der Waals surface area contributed by atoms with E-state index >= 15 is 0 Å². The zero-order valence-corrected chi connectivity index (χ0v) is 34.6. The summed E-state index contributed by atoms with van der Waals surface area (Å²) in [5, 5.41) is 18.5. The van der Waals surface area contributed by atoms with E-state index in [4.69, 9.17) is 16.7 Å². The van der Waals surface area contributed by atoms with Crippen LogP contribution in [0.15, 0.2) is 89.1 Å². The molecule has 12 nitrogen and oxygen atoms in total. The van der Waals surface area contributed by atoms with Gasteiger partial charge in [0.25, 0.3) is 27.7 Å². The molecule has 1 aliphatic heterocycles. The van der Waals surface area contributed by atoms with Crippen molar-refractivity contribution in [2.45, 2.75) is 76.2 Å². The number of unbranched alkanes of at least 4 members (excludes halogenated alkanes) is 2. The molecule has 3 N–H and O–H groups in total. The molecule has 0 aliphatic carbocycles. The maximum Gasteiger partial charge on any atom is 0.274 e. The van der Waals surface area contributed by atoms with Crippen molar-refractivity contribution < 1.29 is 27.9 Å². The van der Waals surface area contributed by atoms with Crippen molar-refractivity contribution >= 4 is 56.4 Å². The first-order valence-corrected chi connectivity index (χ1v) is 21.7. The fourth-order valence-corrected chi connectivity index (χ4v) is 9.24. The molecule has 0 bridgehead atoms. The van der Waals surface area contributed by atoms with Gasteiger partial charge in [-0.15, -0.1) is 11.3 Å². The molecule has 3 aromatic carbocycles. The third kappa shape index (κ3) is 9.75. The van der Waals surface area contributed by atoms with Crippen molar-refractivity contribution in [2.24, 2.45) is 0 Å². The second-order valence-corrected chi connectivity index (χ2v) is 17.6. The molecule has 0 saturated carbocycles. The third-order valence-electron chi connectivity index (χ3n) is 9.92. The SMILES string of the molecule is CCCCN(CCCC)C(=O)c1cc(C)n(-c2ccc(NS(=O)(=O)c3ccc(CNC(=O)c4ccc(Cl)cc4)s3)cc2C(=O)N2Cc3ccccc3C[C@H]2CO)n1. The van der Waals surface area contributed by atoms with Gasteiger partial charge in [0, 0.05) is 46.5 Å². The molecule has 0 spiro atoms. The molecular weight excluding hydrogens is 784 g/mol. The van der Waals surface area contributed by atoms with Crippen LogP contribution in [0.25, 0.3) is 5.69 Å². The minimum absolute atomic E-state index is 0.0185. The first kappa shape index (κ1) is 41.6. The number of aromatic nitrogens is 2. The van der Waals surface area contributed by atoms with Crippen molar-refractivity contribution in [1.82, 2.24) is 24.9 Å². The number of fused-ring (bicyclic) bond motifs is 1. The Morgan fingerprint density at radius 1 is 0.947 bits per heavy atom. The summed E-state index contributed by atoms with van der Waals surface area (Å²) in [6.07, 6.45) is 4.06. The summed E-state index contributed by atoms with van der Waals surface area (Å²) in [4.78, 5) is 45.1. The van der Waals surface area contributed by atoms with Crippen molar-refractivity contribution in [3.8, 4) is 5.69 Å². The molecule has 1 aliphatic rings. The van der Waals surface area contributed by atoms with E-state index in [0.29, 0.717) is 46.4 Å². The number of thiophene rings is 1. The number of aliphatic hydroxyl groups excluding tert-OH is 1. The Balaban J connectivity index is 1.31. The quantitative estimate of drug-likeness (QED) is 0.0949. The maximum atomic E-state index is 14.7. The lowest BCUT2D eigenvalue weighted by Crippen LogP contribution is -2.46. The molecule has 0 unspecified atom stereocenters. The number of hydrogen-bond donors (Lipinski definition) is 3. The van der Waals surface area contributed by atoms with Crippen LogP contribution in [0.5, 0.6) is 0 Å². The highest BCUT2D eigenvalue weighted by molar-refractivity contribution is 7.94. The Labute approximate surface area is 342 Å². The number of benzene rings is 3. The lowest BCUT2D eigenvalue weighted by Gasteiger charge is -2.36. The normalized spacial score (nSPS) is 13.9. The van der Waals surface area contributed by atoms with E-state index < -0.39 is 22.0 Å². The second-order valence-electron chi connectivity index (χ2n) is 14.1. The maximum absolute atomic E-state index is 14.7. The summed E-state index contributed by atoms with van der Waals surface area (Å²) in [5.74, 6) is -0.941. The summed E-state index contributed by atoms with van der Waals surface area (Å²) in [7, 11) is -4.12. The van der Waals surface area contributed by atoms with Gasteiger partial charge in [0.1, 0.15) is 4.21 Å². The number of halogens is 1. The first-order chi connectivity index (χ1) is 27.4. The number of nitrogens with zero attached hydrogens (tertiary/aromatic N) is 4. The summed E-state index contributed by atoms with van der Waals surface area (Å²) in [6.45, 7) is 7.28. The van der Waals surface area contributed by atoms with Crippen LogP contribution in [-0.2, 0) is 29.5 Å². The number of aliphatic hydroxyl groups is 1. The van der Waals surface area contributed by atoms with E-state index in [1.807, 2.05) is 29.2 Å². The summed E-state index contributed by atoms with van der Waals surface area (Å²) < 4.78 is 31.7. The first-order valence-electron chi connectivity index (χ1n) is 19.1. The lowest BCUT2D eigenvalue weighted by molar-refractivity contribution is 0.0544. The number of hydrogen-bond acceptors (Lipinski definition) is 8. The molecule has 6 rings (SSSR count). The van der Waals surface area contributed by atoms with Crippen LogP contribution in [-0.4, -0.2) is 76.6 Å². The lowest BCUT2D eigenvalue weighted by atomic mass is 9.93. The minimum Gasteiger partial charge on any atom is -0.394 e. The predicted octanol–water partition coefficient (Wildman–Crippen LogP) is 7.23. The standard InChI is InChI=1S/C42H47ClN6O6S2/c1-4-6-20-47(21-7-5-2)42(53)37-22-28(3)49(45-37)38-18-16-33(24-36(38)41(52)48-26-31-11-9-8-10-30(31)23-34(48)27-50)46-57(54,55)39-19-17-35(56-39)25-44-40(51)29-12-14-32(43)15-13-29/h8-19,22,24,34,46,50H,4-7,20-21,23,25-27H2,1-3H3,(H,44,51)/t34-/m0/s1. The number of anilines is 1. The van der Waals surface area contributed by atoms with Gasteiger partial charge in [-0.1, -0.05) is 62.6 Å². The molecular formula is C42H47ClN6O6S2. The van der Waals surface area contributed by atoms with Gasteiger partial charge in [-0.25, -0.2) is 13.1 Å². The van der Waals surface area contributed by atoms with Crippen LogP contribution in [0.4, 0.5) is 5.69 Å². The molecule has 300 valence electrons. The largest absolute Gasteiger partial charge is 0.394 e. The van der Waals surface area contributed by atoms with Crippen molar-refractivity contribution in [3.63, 3.8) is 0 Å². The summed E-state index contributed by atoms with van der Waals surface area (Å²) in [5.41, 5.74) is 3.93. The van der Waals surface area contributed by atoms with Crippen LogP contribution < -0.4 is 10.0 Å². The van der Waals surface area contributed by atoms with Crippen LogP contribution in [0.3, 0.4) is 0 Å². The monoisotopic (exact) mass is 830 g/mol. The topological polar surface area (TPSA) is 154 Å². The number of sulfonamides is 1. The third-order valence-corrected chi connectivity index (χ3v) is 13.1. The zero-order chi connectivity index (χ0) is 40.7. The van der Waals surface area contributed by atoms with Gasteiger partial charge in [-0.05, 0) is 98.0 Å². The Morgan fingerprint density at radius 2 is 1.65 bits per heavy atom. The second kappa shape index (κ2) is 18.5. The molecule has 15 heteroatoms. The van der Waals surface area contributed by atoms with Gasteiger partial charge < -0.3 is 20.2 Å². The average molecular weight is 831 g/mol. The number of nitrogens with one attached hydrogen (secondary N) is 2. The molecule has 2 aromatic heterocycles. The molecule has 1 atom stereocenters. The Hall–Kier alpha value is -5.02. The highest BCUT2D eigenvalue weighted by Gasteiger charge is 2.32. The molecule has 5 aromatic rings. The fourth-order valence-electron chi connectivity index (χ4n) is 6.77. The number of carbonyl (C=O) groups excluding carboxylic acids is 3.